The van der Waals surface area contributed by atoms with Gasteiger partial charge in [0.1, 0.15) is 6.61 Å². The summed E-state index contributed by atoms with van der Waals surface area (Å²) < 4.78 is 11.1. The number of hydrogen-bond donors (Lipinski definition) is 2. The number of nitrogens with one attached hydrogen (secondary N) is 1. The molecule has 2 atom stereocenters. The zero-order valence-corrected chi connectivity index (χ0v) is 18.5. The van der Waals surface area contributed by atoms with Gasteiger partial charge >= 0.3 is 11.9 Å². The maximum Gasteiger partial charge on any atom is 0.336 e. The first-order chi connectivity index (χ1) is 14.4. The number of halogens is 2. The molecule has 2 N–H and O–H groups in total. The van der Waals surface area contributed by atoms with E-state index in [1.54, 1.807) is 18.2 Å². The van der Waals surface area contributed by atoms with E-state index in [0.29, 0.717) is 41.4 Å². The van der Waals surface area contributed by atoms with Crippen LogP contribution >= 0.6 is 23.2 Å². The van der Waals surface area contributed by atoms with Gasteiger partial charge in [-0.15, -0.1) is 0 Å². The number of aliphatic carboxylic acids is 1. The molecule has 1 fully saturated rings. The number of carboxylic acids is 1. The van der Waals surface area contributed by atoms with Crippen molar-refractivity contribution in [2.24, 2.45) is 0 Å². The van der Waals surface area contributed by atoms with E-state index in [1.807, 2.05) is 13.8 Å². The highest BCUT2D eigenvalue weighted by Crippen LogP contribution is 2.44. The van der Waals surface area contributed by atoms with Gasteiger partial charge in [0.25, 0.3) is 0 Å². The number of benzene rings is 1. The van der Waals surface area contributed by atoms with Crippen LogP contribution in [0.15, 0.2) is 40.7 Å². The Morgan fingerprint density at radius 3 is 2.50 bits per heavy atom. The van der Waals surface area contributed by atoms with Gasteiger partial charge in [-0.05, 0) is 37.3 Å². The number of carbonyl (C=O) groups excluding carboxylic acids is 1. The van der Waals surface area contributed by atoms with Crippen LogP contribution in [0.1, 0.15) is 51.0 Å². The van der Waals surface area contributed by atoms with Gasteiger partial charge in [-0.1, -0.05) is 49.2 Å². The summed E-state index contributed by atoms with van der Waals surface area (Å²) in [6, 6.07) is 5.01. The van der Waals surface area contributed by atoms with Crippen molar-refractivity contribution in [2.45, 2.75) is 51.6 Å². The zero-order valence-electron chi connectivity index (χ0n) is 17.0. The number of rotatable bonds is 7. The van der Waals surface area contributed by atoms with Crippen LogP contribution in [-0.2, 0) is 19.1 Å². The van der Waals surface area contributed by atoms with Gasteiger partial charge in [-0.2, -0.15) is 0 Å². The number of allylic oxidation sites excluding steroid dienone is 2. The number of dihydropyridines is 1. The monoisotopic (exact) mass is 453 g/mol. The summed E-state index contributed by atoms with van der Waals surface area (Å²) in [7, 11) is 0. The van der Waals surface area contributed by atoms with Crippen LogP contribution in [0.3, 0.4) is 0 Å². The molecular weight excluding hydrogens is 429 g/mol. The summed E-state index contributed by atoms with van der Waals surface area (Å²) in [6.45, 7) is 4.53. The van der Waals surface area contributed by atoms with Gasteiger partial charge in [0.2, 0.25) is 0 Å². The van der Waals surface area contributed by atoms with E-state index in [2.05, 4.69) is 5.32 Å². The highest BCUT2D eigenvalue weighted by molar-refractivity contribution is 6.42. The molecule has 8 heteroatoms. The molecule has 0 aliphatic carbocycles. The Labute approximate surface area is 185 Å². The van der Waals surface area contributed by atoms with E-state index in [1.165, 1.54) is 0 Å². The zero-order chi connectivity index (χ0) is 21.8. The van der Waals surface area contributed by atoms with Crippen LogP contribution in [0.25, 0.3) is 0 Å². The molecule has 2 unspecified atom stereocenters. The first-order valence-electron chi connectivity index (χ1n) is 10.1. The van der Waals surface area contributed by atoms with Gasteiger partial charge in [-0.3, -0.25) is 0 Å². The lowest BCUT2D eigenvalue weighted by Gasteiger charge is -2.32. The Hall–Kier alpha value is -2.02. The summed E-state index contributed by atoms with van der Waals surface area (Å²) in [5.74, 6) is -2.60. The summed E-state index contributed by atoms with van der Waals surface area (Å²) in [5.41, 5.74) is 1.94. The standard InChI is InChI=1S/C22H25Cl2NO5/c1-3-15-18(21(26)27)17(13-8-5-9-14(23)20(13)24)19(16(4-2)25-15)22(28)30-11-12-7-6-10-29-12/h5,8-9,12,17,25H,3-4,6-7,10-11H2,1-2H3,(H,26,27). The second-order valence-electron chi connectivity index (χ2n) is 7.23. The van der Waals surface area contributed by atoms with Crippen molar-refractivity contribution in [3.8, 4) is 0 Å². The van der Waals surface area contributed by atoms with Gasteiger partial charge in [0.15, 0.2) is 0 Å². The highest BCUT2D eigenvalue weighted by atomic mass is 35.5. The maximum absolute atomic E-state index is 13.2. The van der Waals surface area contributed by atoms with Gasteiger partial charge in [-0.25, -0.2) is 9.59 Å². The van der Waals surface area contributed by atoms with E-state index < -0.39 is 17.9 Å². The van der Waals surface area contributed by atoms with Crippen molar-refractivity contribution >= 4 is 35.1 Å². The largest absolute Gasteiger partial charge is 0.478 e. The van der Waals surface area contributed by atoms with E-state index in [4.69, 9.17) is 32.7 Å². The first-order valence-corrected chi connectivity index (χ1v) is 10.8. The third-order valence-corrected chi connectivity index (χ3v) is 6.24. The fourth-order valence-electron chi connectivity index (χ4n) is 3.94. The van der Waals surface area contributed by atoms with Crippen molar-refractivity contribution in [1.29, 1.82) is 0 Å². The van der Waals surface area contributed by atoms with Crippen LogP contribution < -0.4 is 5.32 Å². The summed E-state index contributed by atoms with van der Waals surface area (Å²) in [6.07, 6.45) is 2.58. The molecule has 0 aromatic heterocycles. The molecule has 0 amide bonds. The Kier molecular flexibility index (Phi) is 7.45. The van der Waals surface area contributed by atoms with Gasteiger partial charge in [0.05, 0.1) is 33.2 Å². The number of carbonyl (C=O) groups is 2. The lowest BCUT2D eigenvalue weighted by molar-refractivity contribution is -0.142. The lowest BCUT2D eigenvalue weighted by Crippen LogP contribution is -2.34. The molecule has 1 saturated heterocycles. The topological polar surface area (TPSA) is 84.9 Å². The Morgan fingerprint density at radius 2 is 1.90 bits per heavy atom. The van der Waals surface area contributed by atoms with Crippen molar-refractivity contribution in [1.82, 2.24) is 5.32 Å². The summed E-state index contributed by atoms with van der Waals surface area (Å²) in [4.78, 5) is 25.5. The fraction of sp³-hybridized carbons (Fsp3) is 0.455. The molecule has 0 bridgehead atoms. The molecule has 30 heavy (non-hydrogen) atoms. The Bertz CT molecular complexity index is 903. The average molecular weight is 454 g/mol. The SMILES string of the molecule is CCC1=C(C(=O)O)C(c2cccc(Cl)c2Cl)C(C(=O)OCC2CCCO2)=C(CC)N1. The van der Waals surface area contributed by atoms with E-state index in [-0.39, 0.29) is 28.9 Å². The van der Waals surface area contributed by atoms with Crippen LogP contribution in [0.2, 0.25) is 10.0 Å². The number of hydrogen-bond acceptors (Lipinski definition) is 5. The molecule has 0 saturated carbocycles. The van der Waals surface area contributed by atoms with Crippen LogP contribution in [0, 0.1) is 0 Å². The number of carboxylic acid groups (broad SMARTS) is 1. The van der Waals surface area contributed by atoms with Gasteiger partial charge < -0.3 is 19.9 Å². The van der Waals surface area contributed by atoms with Crippen molar-refractivity contribution < 1.29 is 24.2 Å². The van der Waals surface area contributed by atoms with E-state index in [9.17, 15) is 14.7 Å². The van der Waals surface area contributed by atoms with Crippen molar-refractivity contribution in [3.63, 3.8) is 0 Å². The third kappa shape index (κ3) is 4.51. The first kappa shape index (κ1) is 22.7. The molecule has 6 nitrogen and oxygen atoms in total. The lowest BCUT2D eigenvalue weighted by atomic mass is 9.79. The highest BCUT2D eigenvalue weighted by Gasteiger charge is 2.39. The maximum atomic E-state index is 13.2. The van der Waals surface area contributed by atoms with E-state index in [0.717, 1.165) is 12.8 Å². The minimum absolute atomic E-state index is 0.0722. The quantitative estimate of drug-likeness (QED) is 0.575. The number of ether oxygens (including phenoxy) is 2. The molecule has 2 aliphatic heterocycles. The fourth-order valence-corrected chi connectivity index (χ4v) is 4.35. The molecule has 3 rings (SSSR count). The normalized spacial score (nSPS) is 21.6. The number of esters is 1. The molecular formula is C22H25Cl2NO5. The third-order valence-electron chi connectivity index (χ3n) is 5.40. The molecule has 2 heterocycles. The molecule has 2 aliphatic rings. The van der Waals surface area contributed by atoms with Gasteiger partial charge in [0, 0.05) is 18.0 Å². The minimum Gasteiger partial charge on any atom is -0.478 e. The van der Waals surface area contributed by atoms with Crippen LogP contribution in [-0.4, -0.2) is 36.4 Å². The minimum atomic E-state index is -1.13. The van der Waals surface area contributed by atoms with Crippen LogP contribution in [0.5, 0.6) is 0 Å². The van der Waals surface area contributed by atoms with Crippen molar-refractivity contribution in [2.75, 3.05) is 13.2 Å². The van der Waals surface area contributed by atoms with Crippen LogP contribution in [0.4, 0.5) is 0 Å². The molecule has 162 valence electrons. The predicted molar refractivity (Wildman–Crippen MR) is 115 cm³/mol. The molecule has 1 aromatic carbocycles. The predicted octanol–water partition coefficient (Wildman–Crippen LogP) is 4.82. The molecule has 0 spiro atoms. The van der Waals surface area contributed by atoms with Crippen molar-refractivity contribution in [3.05, 3.63) is 56.3 Å². The Balaban J connectivity index is 2.09. The molecule has 1 aromatic rings. The summed E-state index contributed by atoms with van der Waals surface area (Å²) in [5, 5.41) is 13.7. The summed E-state index contributed by atoms with van der Waals surface area (Å²) >= 11 is 12.7. The van der Waals surface area contributed by atoms with E-state index >= 15 is 0 Å². The average Bonchev–Trinajstić information content (AvgIpc) is 3.26. The molecule has 0 radical (unpaired) electrons. The smallest absolute Gasteiger partial charge is 0.336 e. The Morgan fingerprint density at radius 1 is 1.20 bits per heavy atom. The second-order valence-corrected chi connectivity index (χ2v) is 8.02. The second kappa shape index (κ2) is 9.86.